The molecule has 0 aliphatic heterocycles. The van der Waals surface area contributed by atoms with Gasteiger partial charge in [0, 0.05) is 4.88 Å². The van der Waals surface area contributed by atoms with Crippen LogP contribution < -0.4 is 10.2 Å². The van der Waals surface area contributed by atoms with Gasteiger partial charge >= 0.3 is 0 Å². The lowest BCUT2D eigenvalue weighted by atomic mass is 10.2. The van der Waals surface area contributed by atoms with Gasteiger partial charge in [0.05, 0.1) is 18.2 Å². The third kappa shape index (κ3) is 3.16. The molecule has 0 saturated heterocycles. The van der Waals surface area contributed by atoms with Gasteiger partial charge in [-0.3, -0.25) is 5.43 Å². The van der Waals surface area contributed by atoms with E-state index in [0.717, 1.165) is 21.3 Å². The fourth-order valence-corrected chi connectivity index (χ4v) is 3.31. The van der Waals surface area contributed by atoms with Crippen LogP contribution in [0, 0.1) is 13.8 Å². The molecule has 7 heteroatoms. The minimum absolute atomic E-state index is 0.115. The molecule has 124 valence electrons. The van der Waals surface area contributed by atoms with E-state index in [4.69, 9.17) is 4.74 Å². The molecule has 1 aromatic carbocycles. The normalized spacial score (nSPS) is 11.3. The van der Waals surface area contributed by atoms with Crippen molar-refractivity contribution in [1.29, 1.82) is 0 Å². The summed E-state index contributed by atoms with van der Waals surface area (Å²) in [5.74, 6) is 1.24. The Morgan fingerprint density at radius 3 is 2.96 bits per heavy atom. The first-order chi connectivity index (χ1) is 11.6. The highest BCUT2D eigenvalue weighted by atomic mass is 32.1. The Morgan fingerprint density at radius 2 is 2.17 bits per heavy atom. The average molecular weight is 342 g/mol. The first-order valence-corrected chi connectivity index (χ1v) is 8.37. The van der Waals surface area contributed by atoms with Gasteiger partial charge in [0.2, 0.25) is 0 Å². The van der Waals surface area contributed by atoms with E-state index in [0.29, 0.717) is 18.2 Å². The first kappa shape index (κ1) is 16.2. The van der Waals surface area contributed by atoms with Gasteiger partial charge in [-0.25, -0.2) is 9.97 Å². The summed E-state index contributed by atoms with van der Waals surface area (Å²) >= 11 is 1.64. The monoisotopic (exact) mass is 342 g/mol. The van der Waals surface area contributed by atoms with Gasteiger partial charge in [0.25, 0.3) is 0 Å². The molecule has 0 saturated carbocycles. The van der Waals surface area contributed by atoms with Gasteiger partial charge in [0.15, 0.2) is 17.3 Å². The zero-order chi connectivity index (χ0) is 17.1. The van der Waals surface area contributed by atoms with E-state index in [1.165, 1.54) is 11.2 Å². The van der Waals surface area contributed by atoms with Crippen molar-refractivity contribution >= 4 is 33.6 Å². The van der Waals surface area contributed by atoms with Crippen molar-refractivity contribution in [2.45, 2.75) is 20.8 Å². The molecule has 0 bridgehead atoms. The number of phenolic OH excluding ortho intramolecular Hbond substituents is 1. The van der Waals surface area contributed by atoms with Crippen molar-refractivity contribution in [3.8, 4) is 11.5 Å². The Balaban J connectivity index is 1.83. The van der Waals surface area contributed by atoms with E-state index in [-0.39, 0.29) is 5.75 Å². The van der Waals surface area contributed by atoms with Crippen LogP contribution in [-0.4, -0.2) is 27.9 Å². The summed E-state index contributed by atoms with van der Waals surface area (Å²) in [5, 5.41) is 15.0. The third-order valence-electron chi connectivity index (χ3n) is 3.63. The molecule has 0 amide bonds. The quantitative estimate of drug-likeness (QED) is 0.544. The Hall–Kier alpha value is -2.67. The number of aromatic hydroxyl groups is 1. The van der Waals surface area contributed by atoms with E-state index in [2.05, 4.69) is 34.3 Å². The molecule has 2 aromatic heterocycles. The second-order valence-corrected chi connectivity index (χ2v) is 6.42. The van der Waals surface area contributed by atoms with Crippen LogP contribution in [0.2, 0.25) is 0 Å². The summed E-state index contributed by atoms with van der Waals surface area (Å²) in [6.07, 6.45) is 3.19. The van der Waals surface area contributed by atoms with Gasteiger partial charge in [0.1, 0.15) is 11.2 Å². The Morgan fingerprint density at radius 1 is 1.33 bits per heavy atom. The molecule has 24 heavy (non-hydrogen) atoms. The Kier molecular flexibility index (Phi) is 4.61. The molecule has 6 nitrogen and oxygen atoms in total. The van der Waals surface area contributed by atoms with E-state index < -0.39 is 0 Å². The van der Waals surface area contributed by atoms with Crippen LogP contribution in [-0.2, 0) is 0 Å². The average Bonchev–Trinajstić information content (AvgIpc) is 2.86. The first-order valence-electron chi connectivity index (χ1n) is 7.55. The number of hydrazone groups is 1. The molecule has 3 aromatic rings. The number of aryl methyl sites for hydroxylation is 2. The summed E-state index contributed by atoms with van der Waals surface area (Å²) in [7, 11) is 0. The highest BCUT2D eigenvalue weighted by molar-refractivity contribution is 7.18. The van der Waals surface area contributed by atoms with Crippen LogP contribution >= 0.6 is 11.3 Å². The van der Waals surface area contributed by atoms with Crippen molar-refractivity contribution in [3.63, 3.8) is 0 Å². The van der Waals surface area contributed by atoms with E-state index in [1.807, 2.05) is 6.92 Å². The molecule has 2 heterocycles. The second kappa shape index (κ2) is 6.84. The molecular formula is C17H18N4O2S. The number of hydrogen-bond donors (Lipinski definition) is 2. The molecule has 0 spiro atoms. The maximum absolute atomic E-state index is 9.72. The molecule has 0 unspecified atom stereocenters. The van der Waals surface area contributed by atoms with Crippen LogP contribution in [0.5, 0.6) is 11.5 Å². The number of fused-ring (bicyclic) bond motifs is 1. The van der Waals surface area contributed by atoms with E-state index in [1.54, 1.807) is 35.8 Å². The van der Waals surface area contributed by atoms with E-state index >= 15 is 0 Å². The SMILES string of the molecule is CCOc1cc(C=NNc2ncnc3sc(C)c(C)c23)ccc1O. The van der Waals surface area contributed by atoms with Gasteiger partial charge < -0.3 is 9.84 Å². The molecule has 0 atom stereocenters. The van der Waals surface area contributed by atoms with Crippen LogP contribution in [0.25, 0.3) is 10.2 Å². The van der Waals surface area contributed by atoms with Crippen LogP contribution in [0.3, 0.4) is 0 Å². The molecule has 0 fully saturated rings. The minimum atomic E-state index is 0.115. The lowest BCUT2D eigenvalue weighted by Gasteiger charge is -2.06. The number of anilines is 1. The van der Waals surface area contributed by atoms with Crippen LogP contribution in [0.4, 0.5) is 5.82 Å². The summed E-state index contributed by atoms with van der Waals surface area (Å²) in [6.45, 7) is 6.48. The molecule has 3 rings (SSSR count). The maximum atomic E-state index is 9.72. The molecule has 2 N–H and O–H groups in total. The fraction of sp³-hybridized carbons (Fsp3) is 0.235. The topological polar surface area (TPSA) is 79.6 Å². The largest absolute Gasteiger partial charge is 0.504 e. The van der Waals surface area contributed by atoms with Crippen LogP contribution in [0.1, 0.15) is 22.9 Å². The van der Waals surface area contributed by atoms with Gasteiger partial charge in [-0.15, -0.1) is 11.3 Å². The van der Waals surface area contributed by atoms with Gasteiger partial charge in [-0.2, -0.15) is 5.10 Å². The predicted octanol–water partition coefficient (Wildman–Crippen LogP) is 3.86. The second-order valence-electron chi connectivity index (χ2n) is 5.22. The summed E-state index contributed by atoms with van der Waals surface area (Å²) in [6, 6.07) is 5.08. The number of phenols is 1. The highest BCUT2D eigenvalue weighted by Gasteiger charge is 2.11. The number of hydrogen-bond acceptors (Lipinski definition) is 7. The standard InChI is InChI=1S/C17H18N4O2S/c1-4-23-14-7-12(5-6-13(14)22)8-20-21-16-15-10(2)11(3)24-17(15)19-9-18-16/h5-9,22H,4H2,1-3H3,(H,18,19,21). The van der Waals surface area contributed by atoms with Crippen molar-refractivity contribution in [2.75, 3.05) is 12.0 Å². The zero-order valence-electron chi connectivity index (χ0n) is 13.7. The molecule has 0 aliphatic rings. The predicted molar refractivity (Wildman–Crippen MR) is 97.4 cm³/mol. The number of thiophene rings is 1. The highest BCUT2D eigenvalue weighted by Crippen LogP contribution is 2.32. The third-order valence-corrected chi connectivity index (χ3v) is 4.75. The van der Waals surface area contributed by atoms with Crippen molar-refractivity contribution in [1.82, 2.24) is 9.97 Å². The molecular weight excluding hydrogens is 324 g/mol. The van der Waals surface area contributed by atoms with Crippen molar-refractivity contribution in [2.24, 2.45) is 5.10 Å². The van der Waals surface area contributed by atoms with Gasteiger partial charge in [-0.1, -0.05) is 0 Å². The number of nitrogens with zero attached hydrogens (tertiary/aromatic N) is 3. The lowest BCUT2D eigenvalue weighted by Crippen LogP contribution is -1.96. The number of rotatable bonds is 5. The fourth-order valence-electron chi connectivity index (χ4n) is 2.32. The smallest absolute Gasteiger partial charge is 0.161 e. The molecule has 0 aliphatic carbocycles. The lowest BCUT2D eigenvalue weighted by molar-refractivity contribution is 0.318. The van der Waals surface area contributed by atoms with Crippen molar-refractivity contribution in [3.05, 3.63) is 40.5 Å². The Bertz CT molecular complexity index is 905. The molecule has 0 radical (unpaired) electrons. The van der Waals surface area contributed by atoms with Crippen molar-refractivity contribution < 1.29 is 9.84 Å². The number of aromatic nitrogens is 2. The minimum Gasteiger partial charge on any atom is -0.504 e. The summed E-state index contributed by atoms with van der Waals surface area (Å²) < 4.78 is 5.37. The number of ether oxygens (including phenoxy) is 1. The Labute approximate surface area is 143 Å². The zero-order valence-corrected chi connectivity index (χ0v) is 14.5. The maximum Gasteiger partial charge on any atom is 0.161 e. The number of nitrogens with one attached hydrogen (secondary N) is 1. The van der Waals surface area contributed by atoms with E-state index in [9.17, 15) is 5.11 Å². The van der Waals surface area contributed by atoms with Crippen LogP contribution in [0.15, 0.2) is 29.6 Å². The summed E-state index contributed by atoms with van der Waals surface area (Å²) in [4.78, 5) is 10.7. The number of benzene rings is 1. The summed E-state index contributed by atoms with van der Waals surface area (Å²) in [5.41, 5.74) is 4.95. The van der Waals surface area contributed by atoms with Gasteiger partial charge in [-0.05, 0) is 50.1 Å².